The zero-order valence-corrected chi connectivity index (χ0v) is 9.74. The molecule has 2 rings (SSSR count). The number of hydrogen-bond acceptors (Lipinski definition) is 6. The van der Waals surface area contributed by atoms with E-state index in [0.717, 1.165) is 5.56 Å². The van der Waals surface area contributed by atoms with E-state index in [1.807, 2.05) is 30.3 Å². The minimum atomic E-state index is -1.03. The fourth-order valence-electron chi connectivity index (χ4n) is 1.79. The zero-order valence-electron chi connectivity index (χ0n) is 9.74. The van der Waals surface area contributed by atoms with E-state index < -0.39 is 17.1 Å². The van der Waals surface area contributed by atoms with Crippen molar-refractivity contribution in [1.82, 2.24) is 10.6 Å². The minimum absolute atomic E-state index is 0.294. The van der Waals surface area contributed by atoms with Crippen molar-refractivity contribution in [3.8, 4) is 0 Å². The van der Waals surface area contributed by atoms with Gasteiger partial charge in [-0.3, -0.25) is 20.4 Å². The molecule has 0 radical (unpaired) electrons. The van der Waals surface area contributed by atoms with E-state index >= 15 is 0 Å². The molecule has 0 bridgehead atoms. The summed E-state index contributed by atoms with van der Waals surface area (Å²) in [4.78, 5) is 14.6. The molecule has 1 aromatic rings. The molecule has 1 aliphatic rings. The molecule has 0 saturated heterocycles. The molecule has 1 heterocycles. The van der Waals surface area contributed by atoms with Crippen LogP contribution in [0.2, 0.25) is 0 Å². The largest absolute Gasteiger partial charge is 0.364 e. The van der Waals surface area contributed by atoms with E-state index in [4.69, 9.17) is 5.73 Å². The Morgan fingerprint density at radius 1 is 1.50 bits per heavy atom. The molecule has 2 atom stereocenters. The van der Waals surface area contributed by atoms with Crippen LogP contribution in [-0.2, 0) is 6.54 Å². The topological polar surface area (TPSA) is 106 Å². The van der Waals surface area contributed by atoms with Crippen molar-refractivity contribution in [2.24, 2.45) is 10.7 Å². The number of amidine groups is 1. The highest BCUT2D eigenvalue weighted by Gasteiger charge is 2.36. The molecular weight excluding hydrogens is 234 g/mol. The number of benzene rings is 1. The molecule has 0 aromatic heterocycles. The van der Waals surface area contributed by atoms with E-state index in [-0.39, 0.29) is 0 Å². The van der Waals surface area contributed by atoms with Crippen molar-refractivity contribution in [2.45, 2.75) is 18.8 Å². The van der Waals surface area contributed by atoms with E-state index in [2.05, 4.69) is 15.6 Å². The first-order valence-electron chi connectivity index (χ1n) is 5.63. The Morgan fingerprint density at radius 3 is 2.89 bits per heavy atom. The summed E-state index contributed by atoms with van der Waals surface area (Å²) in [6, 6.07) is 8.60. The Balaban J connectivity index is 2.03. The Kier molecular flexibility index (Phi) is 3.85. The molecule has 18 heavy (non-hydrogen) atoms. The second kappa shape index (κ2) is 5.56. The molecule has 1 aromatic carbocycles. The van der Waals surface area contributed by atoms with Crippen molar-refractivity contribution in [1.29, 1.82) is 0 Å². The Bertz CT molecular complexity index is 448. The zero-order chi connectivity index (χ0) is 13.0. The number of nitro groups is 1. The third kappa shape index (κ3) is 2.82. The van der Waals surface area contributed by atoms with Gasteiger partial charge in [0.2, 0.25) is 0 Å². The normalized spacial score (nSPS) is 23.3. The summed E-state index contributed by atoms with van der Waals surface area (Å²) in [5, 5.41) is 16.7. The van der Waals surface area contributed by atoms with Crippen molar-refractivity contribution >= 4 is 5.84 Å². The predicted molar refractivity (Wildman–Crippen MR) is 67.5 cm³/mol. The molecule has 0 spiro atoms. The lowest BCUT2D eigenvalue weighted by molar-refractivity contribution is -0.508. The second-order valence-electron chi connectivity index (χ2n) is 4.00. The summed E-state index contributed by atoms with van der Waals surface area (Å²) in [6.07, 6.45) is -0.712. The van der Waals surface area contributed by atoms with Gasteiger partial charge in [-0.15, -0.1) is 0 Å². The number of nitrogens with one attached hydrogen (secondary N) is 2. The van der Waals surface area contributed by atoms with Gasteiger partial charge in [0.1, 0.15) is 6.17 Å². The van der Waals surface area contributed by atoms with Crippen LogP contribution in [0, 0.1) is 10.1 Å². The third-order valence-corrected chi connectivity index (χ3v) is 2.74. The lowest BCUT2D eigenvalue weighted by Gasteiger charge is -2.24. The molecule has 0 fully saturated rings. The van der Waals surface area contributed by atoms with Crippen molar-refractivity contribution < 1.29 is 4.92 Å². The predicted octanol–water partition coefficient (Wildman–Crippen LogP) is -0.334. The number of rotatable bonds is 3. The van der Waals surface area contributed by atoms with Crippen molar-refractivity contribution in [2.75, 3.05) is 6.67 Å². The molecule has 96 valence electrons. The summed E-state index contributed by atoms with van der Waals surface area (Å²) in [6.45, 7) is 0.791. The number of nitrogens with two attached hydrogens (primary N) is 1. The summed E-state index contributed by atoms with van der Waals surface area (Å²) < 4.78 is 0. The molecule has 4 N–H and O–H groups in total. The minimum Gasteiger partial charge on any atom is -0.364 e. The molecule has 0 amide bonds. The number of aliphatic imine (C=N–C) groups is 1. The van der Waals surface area contributed by atoms with Gasteiger partial charge in [-0.1, -0.05) is 30.3 Å². The summed E-state index contributed by atoms with van der Waals surface area (Å²) in [5.74, 6) is 0.329. The lowest BCUT2D eigenvalue weighted by Crippen LogP contribution is -2.60. The van der Waals surface area contributed by atoms with E-state index in [9.17, 15) is 10.1 Å². The van der Waals surface area contributed by atoms with Gasteiger partial charge in [0.05, 0.1) is 6.67 Å². The van der Waals surface area contributed by atoms with Crippen LogP contribution in [0.4, 0.5) is 0 Å². The van der Waals surface area contributed by atoms with Crippen LogP contribution in [0.15, 0.2) is 35.3 Å². The van der Waals surface area contributed by atoms with Gasteiger partial charge in [0.15, 0.2) is 5.84 Å². The van der Waals surface area contributed by atoms with Crippen LogP contribution < -0.4 is 16.4 Å². The monoisotopic (exact) mass is 249 g/mol. The van der Waals surface area contributed by atoms with E-state index in [0.29, 0.717) is 19.0 Å². The molecule has 1 aliphatic heterocycles. The van der Waals surface area contributed by atoms with Crippen LogP contribution in [0.3, 0.4) is 0 Å². The van der Waals surface area contributed by atoms with Crippen LogP contribution in [0.25, 0.3) is 0 Å². The SMILES string of the molecule is NC1NCN=C(NCc2ccccc2)C1[N+](=O)[O-]. The van der Waals surface area contributed by atoms with Gasteiger partial charge in [0.25, 0.3) is 6.04 Å². The average Bonchev–Trinajstić information content (AvgIpc) is 2.37. The van der Waals surface area contributed by atoms with Crippen LogP contribution >= 0.6 is 0 Å². The highest BCUT2D eigenvalue weighted by molar-refractivity contribution is 5.87. The number of nitrogens with zero attached hydrogens (tertiary/aromatic N) is 2. The maximum atomic E-state index is 11.0. The van der Waals surface area contributed by atoms with Crippen LogP contribution in [0.1, 0.15) is 5.56 Å². The summed E-state index contributed by atoms with van der Waals surface area (Å²) >= 11 is 0. The first-order valence-corrected chi connectivity index (χ1v) is 5.63. The van der Waals surface area contributed by atoms with Crippen molar-refractivity contribution in [3.63, 3.8) is 0 Å². The highest BCUT2D eigenvalue weighted by Crippen LogP contribution is 2.03. The van der Waals surface area contributed by atoms with Crippen LogP contribution in [0.5, 0.6) is 0 Å². The van der Waals surface area contributed by atoms with E-state index in [1.54, 1.807) is 0 Å². The fourth-order valence-corrected chi connectivity index (χ4v) is 1.79. The Morgan fingerprint density at radius 2 is 2.22 bits per heavy atom. The van der Waals surface area contributed by atoms with Crippen LogP contribution in [-0.4, -0.2) is 29.6 Å². The Hall–Kier alpha value is -1.99. The molecule has 0 aliphatic carbocycles. The third-order valence-electron chi connectivity index (χ3n) is 2.74. The first kappa shape index (κ1) is 12.5. The molecule has 7 heteroatoms. The first-order chi connectivity index (χ1) is 8.68. The maximum absolute atomic E-state index is 11.0. The second-order valence-corrected chi connectivity index (χ2v) is 4.00. The van der Waals surface area contributed by atoms with Gasteiger partial charge in [-0.05, 0) is 5.56 Å². The fraction of sp³-hybridized carbons (Fsp3) is 0.364. The standard InChI is InChI=1S/C11H15N5O2/c12-10-9(16(17)18)11(15-7-14-10)13-6-8-4-2-1-3-5-8/h1-5,9-10,14H,6-7,12H2,(H,13,15). The molecule has 2 unspecified atom stereocenters. The van der Waals surface area contributed by atoms with Crippen molar-refractivity contribution in [3.05, 3.63) is 46.0 Å². The summed E-state index contributed by atoms with van der Waals surface area (Å²) in [5.41, 5.74) is 6.70. The molecular formula is C11H15N5O2. The highest BCUT2D eigenvalue weighted by atomic mass is 16.6. The van der Waals surface area contributed by atoms with Gasteiger partial charge >= 0.3 is 0 Å². The van der Waals surface area contributed by atoms with Gasteiger partial charge in [-0.2, -0.15) is 0 Å². The quantitative estimate of drug-likeness (QED) is 0.502. The average molecular weight is 249 g/mol. The number of hydrogen-bond donors (Lipinski definition) is 3. The Labute approximate surface area is 104 Å². The lowest BCUT2D eigenvalue weighted by atomic mass is 10.1. The van der Waals surface area contributed by atoms with Gasteiger partial charge in [0, 0.05) is 11.5 Å². The summed E-state index contributed by atoms with van der Waals surface area (Å²) in [7, 11) is 0. The van der Waals surface area contributed by atoms with Gasteiger partial charge < -0.3 is 11.1 Å². The van der Waals surface area contributed by atoms with E-state index in [1.165, 1.54) is 0 Å². The van der Waals surface area contributed by atoms with Gasteiger partial charge in [-0.25, -0.2) is 0 Å². The molecule has 7 nitrogen and oxygen atoms in total. The molecule has 0 saturated carbocycles. The smallest absolute Gasteiger partial charge is 0.296 e. The maximum Gasteiger partial charge on any atom is 0.296 e.